The fourth-order valence-corrected chi connectivity index (χ4v) is 4.00. The maximum atomic E-state index is 12.8. The third-order valence-corrected chi connectivity index (χ3v) is 5.47. The van der Waals surface area contributed by atoms with Crippen LogP contribution < -0.4 is 5.56 Å². The van der Waals surface area contributed by atoms with E-state index < -0.39 is 0 Å². The maximum absolute atomic E-state index is 12.8. The number of nitrogens with zero attached hydrogens (tertiary/aromatic N) is 4. The van der Waals surface area contributed by atoms with Crippen LogP contribution in [0, 0.1) is 11.8 Å². The number of rotatable bonds is 6. The zero-order chi connectivity index (χ0) is 18.0. The van der Waals surface area contributed by atoms with Crippen molar-refractivity contribution in [2.45, 2.75) is 0 Å². The van der Waals surface area contributed by atoms with E-state index in [1.807, 2.05) is 11.9 Å². The van der Waals surface area contributed by atoms with Crippen molar-refractivity contribution in [3.8, 4) is 0 Å². The van der Waals surface area contributed by atoms with E-state index in [0.29, 0.717) is 31.1 Å². The lowest BCUT2D eigenvalue weighted by Crippen LogP contribution is -2.35. The molecule has 0 aromatic carbocycles. The molecular formula is C16H22N4O4S. The number of hydrogen-bond donors (Lipinski definition) is 2. The zero-order valence-electron chi connectivity index (χ0n) is 14.0. The molecular weight excluding hydrogens is 344 g/mol. The van der Waals surface area contributed by atoms with Gasteiger partial charge in [-0.15, -0.1) is 11.3 Å². The third kappa shape index (κ3) is 3.59. The van der Waals surface area contributed by atoms with E-state index in [1.165, 1.54) is 21.9 Å². The van der Waals surface area contributed by atoms with Crippen molar-refractivity contribution in [1.29, 1.82) is 0 Å². The van der Waals surface area contributed by atoms with Gasteiger partial charge in [-0.25, -0.2) is 4.98 Å². The van der Waals surface area contributed by atoms with Crippen LogP contribution in [0.25, 0.3) is 4.96 Å². The average Bonchev–Trinajstić information content (AvgIpc) is 3.22. The molecule has 25 heavy (non-hydrogen) atoms. The fraction of sp³-hybridized carbons (Fsp3) is 0.562. The number of hydrogen-bond acceptors (Lipinski definition) is 7. The van der Waals surface area contributed by atoms with Crippen molar-refractivity contribution in [2.24, 2.45) is 11.8 Å². The number of aliphatic hydroxyl groups excluding tert-OH is 2. The summed E-state index contributed by atoms with van der Waals surface area (Å²) in [5, 5.41) is 20.4. The lowest BCUT2D eigenvalue weighted by Gasteiger charge is -2.23. The van der Waals surface area contributed by atoms with Gasteiger partial charge in [-0.3, -0.25) is 14.0 Å². The van der Waals surface area contributed by atoms with Crippen LogP contribution in [0.3, 0.4) is 0 Å². The summed E-state index contributed by atoms with van der Waals surface area (Å²) in [4.78, 5) is 33.6. The molecule has 136 valence electrons. The minimum Gasteiger partial charge on any atom is -0.396 e. The highest BCUT2D eigenvalue weighted by molar-refractivity contribution is 7.15. The molecule has 0 aliphatic carbocycles. The molecule has 3 heterocycles. The number of likely N-dealkylation sites (tertiary alicyclic amines) is 1. The second kappa shape index (κ2) is 7.61. The van der Waals surface area contributed by atoms with Crippen LogP contribution in [0.5, 0.6) is 0 Å². The molecule has 0 bridgehead atoms. The normalized spacial score (nSPS) is 20.7. The van der Waals surface area contributed by atoms with E-state index in [2.05, 4.69) is 4.98 Å². The van der Waals surface area contributed by atoms with Gasteiger partial charge in [0, 0.05) is 56.5 Å². The summed E-state index contributed by atoms with van der Waals surface area (Å²) in [6.07, 6.45) is 2.95. The molecule has 1 aliphatic rings. The first-order valence-electron chi connectivity index (χ1n) is 8.19. The van der Waals surface area contributed by atoms with Gasteiger partial charge in [0.1, 0.15) is 5.56 Å². The predicted octanol–water partition coefficient (Wildman–Crippen LogP) is -0.639. The van der Waals surface area contributed by atoms with Crippen molar-refractivity contribution < 1.29 is 15.0 Å². The first-order valence-corrected chi connectivity index (χ1v) is 9.07. The predicted molar refractivity (Wildman–Crippen MR) is 93.9 cm³/mol. The lowest BCUT2D eigenvalue weighted by molar-refractivity contribution is 0.0776. The molecule has 0 unspecified atom stereocenters. The second-order valence-electron chi connectivity index (χ2n) is 6.43. The first kappa shape index (κ1) is 18.0. The summed E-state index contributed by atoms with van der Waals surface area (Å²) in [6, 6.07) is 0. The lowest BCUT2D eigenvalue weighted by atomic mass is 9.96. The van der Waals surface area contributed by atoms with Crippen molar-refractivity contribution in [2.75, 3.05) is 46.4 Å². The molecule has 0 saturated carbocycles. The second-order valence-corrected chi connectivity index (χ2v) is 7.30. The van der Waals surface area contributed by atoms with Crippen molar-refractivity contribution in [3.63, 3.8) is 0 Å². The highest BCUT2D eigenvalue weighted by atomic mass is 32.1. The van der Waals surface area contributed by atoms with Gasteiger partial charge in [-0.1, -0.05) is 0 Å². The summed E-state index contributed by atoms with van der Waals surface area (Å²) in [7, 11) is 1.90. The molecule has 2 aromatic heterocycles. The smallest absolute Gasteiger partial charge is 0.271 e. The summed E-state index contributed by atoms with van der Waals surface area (Å²) in [5.74, 6) is -0.277. The minimum atomic E-state index is -0.363. The summed E-state index contributed by atoms with van der Waals surface area (Å²) in [6.45, 7) is 2.17. The Kier molecular flexibility index (Phi) is 5.48. The Morgan fingerprint density at radius 1 is 1.40 bits per heavy atom. The largest absolute Gasteiger partial charge is 0.396 e. The van der Waals surface area contributed by atoms with Crippen LogP contribution in [-0.2, 0) is 0 Å². The standard InChI is InChI=1S/C16H22N4O4S/c1-18(2-4-21)7-11-8-19(9-12(11)10-22)14(23)13-6-17-16-20(15(13)24)3-5-25-16/h3,5-6,11-12,21-22H,2,4,7-10H2,1H3/t11-,12-/m1/s1. The quantitative estimate of drug-likeness (QED) is 0.706. The topological polar surface area (TPSA) is 98.4 Å². The van der Waals surface area contributed by atoms with E-state index in [1.54, 1.807) is 16.5 Å². The van der Waals surface area contributed by atoms with Gasteiger partial charge in [0.05, 0.1) is 6.61 Å². The van der Waals surface area contributed by atoms with E-state index in [4.69, 9.17) is 5.11 Å². The van der Waals surface area contributed by atoms with Crippen molar-refractivity contribution in [3.05, 3.63) is 33.7 Å². The van der Waals surface area contributed by atoms with Crippen molar-refractivity contribution in [1.82, 2.24) is 19.2 Å². The van der Waals surface area contributed by atoms with Crippen LogP contribution in [0.4, 0.5) is 0 Å². The van der Waals surface area contributed by atoms with Gasteiger partial charge in [-0.2, -0.15) is 0 Å². The fourth-order valence-electron chi connectivity index (χ4n) is 3.32. The molecule has 1 fully saturated rings. The molecule has 2 atom stereocenters. The van der Waals surface area contributed by atoms with E-state index in [0.717, 1.165) is 0 Å². The monoisotopic (exact) mass is 366 g/mol. The van der Waals surface area contributed by atoms with Gasteiger partial charge >= 0.3 is 0 Å². The molecule has 1 amide bonds. The number of carbonyl (C=O) groups is 1. The molecule has 2 N–H and O–H groups in total. The minimum absolute atomic E-state index is 0.0117. The maximum Gasteiger partial charge on any atom is 0.271 e. The molecule has 8 nitrogen and oxygen atoms in total. The van der Waals surface area contributed by atoms with Gasteiger partial charge in [0.15, 0.2) is 4.96 Å². The van der Waals surface area contributed by atoms with Crippen LogP contribution in [-0.4, -0.2) is 81.7 Å². The molecule has 0 radical (unpaired) electrons. The zero-order valence-corrected chi connectivity index (χ0v) is 14.9. The Labute approximate surface area is 148 Å². The van der Waals surface area contributed by atoms with Crippen LogP contribution in [0.15, 0.2) is 22.6 Å². The number of amides is 1. The Balaban J connectivity index is 1.77. The van der Waals surface area contributed by atoms with Crippen LogP contribution >= 0.6 is 11.3 Å². The number of likely N-dealkylation sites (N-methyl/N-ethyl adjacent to an activating group) is 1. The number of aliphatic hydroxyl groups is 2. The Morgan fingerprint density at radius 2 is 2.16 bits per heavy atom. The molecule has 2 aromatic rings. The van der Waals surface area contributed by atoms with E-state index in [-0.39, 0.29) is 42.1 Å². The first-order chi connectivity index (χ1) is 12.0. The summed E-state index contributed by atoms with van der Waals surface area (Å²) in [5.41, 5.74) is -0.311. The van der Waals surface area contributed by atoms with E-state index >= 15 is 0 Å². The van der Waals surface area contributed by atoms with Crippen LogP contribution in [0.2, 0.25) is 0 Å². The summed E-state index contributed by atoms with van der Waals surface area (Å²) < 4.78 is 1.38. The Hall–Kier alpha value is -1.81. The SMILES string of the molecule is CN(CCO)C[C@@H]1CN(C(=O)c2cnc3sccn3c2=O)C[C@@H]1CO. The Bertz CT molecular complexity index is 805. The van der Waals surface area contributed by atoms with Crippen LogP contribution in [0.1, 0.15) is 10.4 Å². The van der Waals surface area contributed by atoms with E-state index in [9.17, 15) is 14.7 Å². The molecule has 3 rings (SSSR count). The number of fused-ring (bicyclic) bond motifs is 1. The number of aromatic nitrogens is 2. The van der Waals surface area contributed by atoms with Crippen molar-refractivity contribution >= 4 is 22.2 Å². The average molecular weight is 366 g/mol. The molecule has 1 saturated heterocycles. The molecule has 0 spiro atoms. The van der Waals surface area contributed by atoms with Gasteiger partial charge in [0.25, 0.3) is 11.5 Å². The van der Waals surface area contributed by atoms with Gasteiger partial charge in [0.2, 0.25) is 0 Å². The molecule has 9 heteroatoms. The Morgan fingerprint density at radius 3 is 2.88 bits per heavy atom. The molecule has 1 aliphatic heterocycles. The highest BCUT2D eigenvalue weighted by Gasteiger charge is 2.36. The summed E-state index contributed by atoms with van der Waals surface area (Å²) >= 11 is 1.34. The number of thiazole rings is 1. The third-order valence-electron chi connectivity index (χ3n) is 4.70. The number of carbonyl (C=O) groups excluding carboxylic acids is 1. The highest BCUT2D eigenvalue weighted by Crippen LogP contribution is 2.25. The van der Waals surface area contributed by atoms with Gasteiger partial charge in [-0.05, 0) is 13.0 Å². The van der Waals surface area contributed by atoms with Gasteiger partial charge < -0.3 is 20.0 Å².